The average Bonchev–Trinajstić information content (AvgIpc) is 2.85. The minimum atomic E-state index is -3.92. The summed E-state index contributed by atoms with van der Waals surface area (Å²) in [6, 6.07) is 8.42. The van der Waals surface area contributed by atoms with E-state index in [2.05, 4.69) is 0 Å². The van der Waals surface area contributed by atoms with Crippen molar-refractivity contribution in [3.05, 3.63) is 52.8 Å². The molecule has 0 aromatic heterocycles. The van der Waals surface area contributed by atoms with Gasteiger partial charge in [-0.25, -0.2) is 12.8 Å². The highest BCUT2D eigenvalue weighted by Gasteiger charge is 2.32. The van der Waals surface area contributed by atoms with Gasteiger partial charge in [-0.15, -0.1) is 0 Å². The molecule has 21 heavy (non-hydrogen) atoms. The molecule has 2 aromatic carbocycles. The van der Waals surface area contributed by atoms with E-state index >= 15 is 0 Å². The number of hydrogen-bond donors (Lipinski definition) is 1. The van der Waals surface area contributed by atoms with Crippen molar-refractivity contribution >= 4 is 33.0 Å². The zero-order valence-corrected chi connectivity index (χ0v) is 12.5. The maximum absolute atomic E-state index is 13.4. The maximum Gasteiger partial charge on any atom is 0.265 e. The molecule has 3 rings (SSSR count). The lowest BCUT2D eigenvalue weighted by Gasteiger charge is -2.20. The molecule has 0 atom stereocenters. The van der Waals surface area contributed by atoms with Gasteiger partial charge >= 0.3 is 0 Å². The summed E-state index contributed by atoms with van der Waals surface area (Å²) in [4.78, 5) is -0.237. The fraction of sp³-hybridized carbons (Fsp3) is 0.143. The summed E-state index contributed by atoms with van der Waals surface area (Å²) in [5.41, 5.74) is 7.61. The van der Waals surface area contributed by atoms with Crippen molar-refractivity contribution in [3.8, 4) is 0 Å². The SMILES string of the molecule is Nc1ccc2c(c1)N(S(=O)(=O)c1cc(F)ccc1Cl)CC2. The Balaban J connectivity index is 2.13. The predicted molar refractivity (Wildman–Crippen MR) is 80.5 cm³/mol. The second kappa shape index (κ2) is 4.89. The lowest BCUT2D eigenvalue weighted by atomic mass is 10.1. The molecule has 1 heterocycles. The molecular formula is C14H12ClFN2O2S. The third kappa shape index (κ3) is 2.34. The van der Waals surface area contributed by atoms with Crippen LogP contribution in [0.3, 0.4) is 0 Å². The molecule has 0 radical (unpaired) electrons. The number of nitrogens with two attached hydrogens (primary N) is 1. The molecular weight excluding hydrogens is 315 g/mol. The summed E-state index contributed by atoms with van der Waals surface area (Å²) in [7, 11) is -3.92. The minimum absolute atomic E-state index is 0.00578. The Hall–Kier alpha value is -1.79. The molecule has 0 spiro atoms. The van der Waals surface area contributed by atoms with Gasteiger partial charge in [-0.2, -0.15) is 0 Å². The minimum Gasteiger partial charge on any atom is -0.399 e. The first kappa shape index (κ1) is 14.2. The molecule has 0 bridgehead atoms. The second-order valence-corrected chi connectivity index (χ2v) is 7.03. The van der Waals surface area contributed by atoms with E-state index in [-0.39, 0.29) is 16.5 Å². The molecule has 4 nitrogen and oxygen atoms in total. The summed E-state index contributed by atoms with van der Waals surface area (Å²) in [5, 5.41) is -0.00578. The van der Waals surface area contributed by atoms with Gasteiger partial charge in [-0.05, 0) is 42.3 Å². The third-order valence-corrected chi connectivity index (χ3v) is 5.72. The number of nitrogens with zero attached hydrogens (tertiary/aromatic N) is 1. The summed E-state index contributed by atoms with van der Waals surface area (Å²) in [6.45, 7) is 0.286. The highest BCUT2D eigenvalue weighted by molar-refractivity contribution is 7.93. The van der Waals surface area contributed by atoms with Crippen LogP contribution in [-0.4, -0.2) is 15.0 Å². The standard InChI is InChI=1S/C14H12ClFN2O2S/c15-12-4-2-10(16)7-14(12)21(19,20)18-6-5-9-1-3-11(17)8-13(9)18/h1-4,7-8H,5-6,17H2. The topological polar surface area (TPSA) is 63.4 Å². The van der Waals surface area contributed by atoms with E-state index in [0.29, 0.717) is 17.8 Å². The van der Waals surface area contributed by atoms with Gasteiger partial charge in [0.1, 0.15) is 10.7 Å². The Morgan fingerprint density at radius 2 is 1.95 bits per heavy atom. The molecule has 2 N–H and O–H groups in total. The fourth-order valence-electron chi connectivity index (χ4n) is 2.41. The number of hydrogen-bond acceptors (Lipinski definition) is 3. The van der Waals surface area contributed by atoms with Crippen molar-refractivity contribution in [1.29, 1.82) is 0 Å². The zero-order chi connectivity index (χ0) is 15.2. The molecule has 0 aliphatic carbocycles. The van der Waals surface area contributed by atoms with Crippen molar-refractivity contribution < 1.29 is 12.8 Å². The molecule has 0 saturated heterocycles. The molecule has 2 aromatic rings. The average molecular weight is 327 g/mol. The van der Waals surface area contributed by atoms with Gasteiger partial charge in [0.25, 0.3) is 10.0 Å². The van der Waals surface area contributed by atoms with Gasteiger partial charge in [-0.3, -0.25) is 4.31 Å². The summed E-state index contributed by atoms with van der Waals surface area (Å²) >= 11 is 5.92. The summed E-state index contributed by atoms with van der Waals surface area (Å²) in [5.74, 6) is -0.648. The van der Waals surface area contributed by atoms with Crippen molar-refractivity contribution in [2.75, 3.05) is 16.6 Å². The Morgan fingerprint density at radius 3 is 2.71 bits per heavy atom. The van der Waals surface area contributed by atoms with Crippen molar-refractivity contribution in [3.63, 3.8) is 0 Å². The normalized spacial score (nSPS) is 14.3. The first-order chi connectivity index (χ1) is 9.89. The van der Waals surface area contributed by atoms with Gasteiger partial charge in [0.05, 0.1) is 10.7 Å². The number of halogens is 2. The van der Waals surface area contributed by atoms with Crippen LogP contribution in [-0.2, 0) is 16.4 Å². The first-order valence-corrected chi connectivity index (χ1v) is 8.07. The van der Waals surface area contributed by atoms with Crippen LogP contribution in [0.1, 0.15) is 5.56 Å². The van der Waals surface area contributed by atoms with Gasteiger partial charge in [-0.1, -0.05) is 17.7 Å². The monoisotopic (exact) mass is 326 g/mol. The van der Waals surface area contributed by atoms with Gasteiger partial charge < -0.3 is 5.73 Å². The Bertz CT molecular complexity index is 824. The van der Waals surface area contributed by atoms with E-state index in [1.165, 1.54) is 10.4 Å². The number of benzene rings is 2. The number of sulfonamides is 1. The van der Waals surface area contributed by atoms with Crippen LogP contribution in [0.4, 0.5) is 15.8 Å². The van der Waals surface area contributed by atoms with E-state index in [4.69, 9.17) is 17.3 Å². The highest BCUT2D eigenvalue weighted by atomic mass is 35.5. The van der Waals surface area contributed by atoms with E-state index < -0.39 is 15.8 Å². The van der Waals surface area contributed by atoms with E-state index in [1.54, 1.807) is 18.2 Å². The quantitative estimate of drug-likeness (QED) is 0.863. The Kier molecular flexibility index (Phi) is 3.30. The summed E-state index contributed by atoms with van der Waals surface area (Å²) < 4.78 is 40.0. The number of rotatable bonds is 2. The molecule has 1 aliphatic rings. The smallest absolute Gasteiger partial charge is 0.265 e. The maximum atomic E-state index is 13.4. The van der Waals surface area contributed by atoms with Gasteiger partial charge in [0.15, 0.2) is 0 Å². The number of nitrogen functional groups attached to an aromatic ring is 1. The molecule has 7 heteroatoms. The van der Waals surface area contributed by atoms with Crippen LogP contribution < -0.4 is 10.0 Å². The summed E-state index contributed by atoms with van der Waals surface area (Å²) in [6.07, 6.45) is 0.585. The lowest BCUT2D eigenvalue weighted by Crippen LogP contribution is -2.29. The van der Waals surface area contributed by atoms with Crippen LogP contribution in [0.2, 0.25) is 5.02 Å². The molecule has 0 unspecified atom stereocenters. The van der Waals surface area contributed by atoms with Crippen LogP contribution in [0.5, 0.6) is 0 Å². The van der Waals surface area contributed by atoms with Crippen molar-refractivity contribution in [2.24, 2.45) is 0 Å². The van der Waals surface area contributed by atoms with Crippen LogP contribution >= 0.6 is 11.6 Å². The molecule has 1 aliphatic heterocycles. The number of fused-ring (bicyclic) bond motifs is 1. The van der Waals surface area contributed by atoms with Crippen molar-refractivity contribution in [1.82, 2.24) is 0 Å². The zero-order valence-electron chi connectivity index (χ0n) is 10.9. The molecule has 0 fully saturated rings. The fourth-order valence-corrected chi connectivity index (χ4v) is 4.39. The van der Waals surface area contributed by atoms with Crippen molar-refractivity contribution in [2.45, 2.75) is 11.3 Å². The first-order valence-electron chi connectivity index (χ1n) is 6.26. The third-order valence-electron chi connectivity index (χ3n) is 3.42. The van der Waals surface area contributed by atoms with Crippen LogP contribution in [0.15, 0.2) is 41.3 Å². The Labute approximate surface area is 127 Å². The second-order valence-electron chi connectivity index (χ2n) is 4.79. The molecule has 0 amide bonds. The van der Waals surface area contributed by atoms with E-state index in [9.17, 15) is 12.8 Å². The molecule has 110 valence electrons. The van der Waals surface area contributed by atoms with Crippen LogP contribution in [0, 0.1) is 5.82 Å². The predicted octanol–water partition coefficient (Wildman–Crippen LogP) is 2.81. The Morgan fingerprint density at radius 1 is 1.19 bits per heavy atom. The van der Waals surface area contributed by atoms with Crippen LogP contribution in [0.25, 0.3) is 0 Å². The lowest BCUT2D eigenvalue weighted by molar-refractivity contribution is 0.587. The highest BCUT2D eigenvalue weighted by Crippen LogP contribution is 2.36. The van der Waals surface area contributed by atoms with E-state index in [1.807, 2.05) is 0 Å². The largest absolute Gasteiger partial charge is 0.399 e. The van der Waals surface area contributed by atoms with Gasteiger partial charge in [0, 0.05) is 12.2 Å². The van der Waals surface area contributed by atoms with Gasteiger partial charge in [0.2, 0.25) is 0 Å². The van der Waals surface area contributed by atoms with E-state index in [0.717, 1.165) is 17.7 Å². The molecule has 0 saturated carbocycles. The number of anilines is 2.